The molecule has 0 bridgehead atoms. The Labute approximate surface area is 102 Å². The van der Waals surface area contributed by atoms with Crippen molar-refractivity contribution in [3.63, 3.8) is 0 Å². The van der Waals surface area contributed by atoms with Gasteiger partial charge in [0.1, 0.15) is 0 Å². The molecule has 1 aliphatic heterocycles. The zero-order valence-corrected chi connectivity index (χ0v) is 10.2. The molecule has 0 aromatic carbocycles. The van der Waals surface area contributed by atoms with Gasteiger partial charge in [-0.3, -0.25) is 4.79 Å². The quantitative estimate of drug-likeness (QED) is 0.640. The highest BCUT2D eigenvalue weighted by molar-refractivity contribution is 5.76. The Balaban J connectivity index is 1.66. The van der Waals surface area contributed by atoms with E-state index in [1.165, 1.54) is 0 Å². The van der Waals surface area contributed by atoms with E-state index < -0.39 is 0 Å². The average molecular weight is 242 g/mol. The molecule has 1 unspecified atom stereocenters. The van der Waals surface area contributed by atoms with Crippen LogP contribution in [0.3, 0.4) is 0 Å². The van der Waals surface area contributed by atoms with E-state index in [-0.39, 0.29) is 24.1 Å². The zero-order valence-electron chi connectivity index (χ0n) is 10.2. The molecule has 0 spiro atoms. The molecule has 1 amide bonds. The minimum absolute atomic E-state index is 0.0920. The van der Waals surface area contributed by atoms with Gasteiger partial charge >= 0.3 is 0 Å². The summed E-state index contributed by atoms with van der Waals surface area (Å²) in [4.78, 5) is 11.8. The fourth-order valence-electron chi connectivity index (χ4n) is 2.48. The molecule has 0 aromatic heterocycles. The molecule has 2 aliphatic rings. The first-order chi connectivity index (χ1) is 8.24. The Kier molecular flexibility index (Phi) is 4.76. The predicted molar refractivity (Wildman–Crippen MR) is 63.6 cm³/mol. The summed E-state index contributed by atoms with van der Waals surface area (Å²) in [5, 5.41) is 15.7. The first-order valence-corrected chi connectivity index (χ1v) is 6.52. The lowest BCUT2D eigenvalue weighted by Gasteiger charge is -2.28. The number of hydrogen-bond donors (Lipinski definition) is 3. The molecule has 1 aliphatic carbocycles. The van der Waals surface area contributed by atoms with Crippen molar-refractivity contribution in [2.75, 3.05) is 19.8 Å². The second-order valence-electron chi connectivity index (χ2n) is 5.00. The first kappa shape index (κ1) is 12.8. The van der Waals surface area contributed by atoms with E-state index in [0.29, 0.717) is 13.0 Å². The summed E-state index contributed by atoms with van der Waals surface area (Å²) in [6.45, 7) is 2.18. The topological polar surface area (TPSA) is 70.6 Å². The molecule has 1 saturated carbocycles. The van der Waals surface area contributed by atoms with Crippen LogP contribution in [0.25, 0.3) is 0 Å². The molecule has 17 heavy (non-hydrogen) atoms. The van der Waals surface area contributed by atoms with Crippen LogP contribution in [0.5, 0.6) is 0 Å². The number of amides is 1. The summed E-state index contributed by atoms with van der Waals surface area (Å²) < 4.78 is 5.31. The van der Waals surface area contributed by atoms with E-state index in [2.05, 4.69) is 10.6 Å². The van der Waals surface area contributed by atoms with E-state index in [1.807, 2.05) is 0 Å². The smallest absolute Gasteiger partial charge is 0.221 e. The monoisotopic (exact) mass is 242 g/mol. The minimum atomic E-state index is -0.170. The van der Waals surface area contributed by atoms with Crippen LogP contribution in [0.1, 0.15) is 32.1 Å². The van der Waals surface area contributed by atoms with Gasteiger partial charge < -0.3 is 20.5 Å². The second kappa shape index (κ2) is 6.33. The fourth-order valence-corrected chi connectivity index (χ4v) is 2.48. The normalized spacial score (nSPS) is 34.3. The summed E-state index contributed by atoms with van der Waals surface area (Å²) in [6.07, 6.45) is 3.70. The number of carbonyl (C=O) groups is 1. The van der Waals surface area contributed by atoms with Gasteiger partial charge in [0.15, 0.2) is 0 Å². The van der Waals surface area contributed by atoms with Crippen LogP contribution in [-0.4, -0.2) is 49.0 Å². The number of ether oxygens (including phenoxy) is 1. The van der Waals surface area contributed by atoms with Gasteiger partial charge in [0.2, 0.25) is 5.91 Å². The number of aliphatic hydroxyl groups excluding tert-OH is 1. The standard InChI is InChI=1S/C12H22N2O3/c15-11-3-1-9(2-4-11)14-12(16)7-10-8-17-6-5-13-10/h9-11,13,15H,1-8H2,(H,14,16). The molecular weight excluding hydrogens is 220 g/mol. The lowest BCUT2D eigenvalue weighted by atomic mass is 9.93. The van der Waals surface area contributed by atoms with Crippen LogP contribution >= 0.6 is 0 Å². The SMILES string of the molecule is O=C(CC1COCCN1)NC1CCC(O)CC1. The van der Waals surface area contributed by atoms with Crippen molar-refractivity contribution >= 4 is 5.91 Å². The third-order valence-corrected chi connectivity index (χ3v) is 3.49. The summed E-state index contributed by atoms with van der Waals surface area (Å²) in [6, 6.07) is 0.397. The van der Waals surface area contributed by atoms with E-state index in [0.717, 1.165) is 38.8 Å². The van der Waals surface area contributed by atoms with Crippen LogP contribution in [0.2, 0.25) is 0 Å². The van der Waals surface area contributed by atoms with Crippen LogP contribution in [0.4, 0.5) is 0 Å². The largest absolute Gasteiger partial charge is 0.393 e. The van der Waals surface area contributed by atoms with Crippen molar-refractivity contribution in [1.82, 2.24) is 10.6 Å². The molecule has 98 valence electrons. The van der Waals surface area contributed by atoms with Crippen molar-refractivity contribution in [1.29, 1.82) is 0 Å². The van der Waals surface area contributed by atoms with Gasteiger partial charge in [-0.1, -0.05) is 0 Å². The number of aliphatic hydroxyl groups is 1. The van der Waals surface area contributed by atoms with Crippen LogP contribution < -0.4 is 10.6 Å². The Bertz CT molecular complexity index is 246. The fraction of sp³-hybridized carbons (Fsp3) is 0.917. The maximum atomic E-state index is 11.8. The summed E-state index contributed by atoms with van der Waals surface area (Å²) in [7, 11) is 0. The summed E-state index contributed by atoms with van der Waals surface area (Å²) in [5.74, 6) is 0.0920. The molecule has 1 heterocycles. The molecule has 3 N–H and O–H groups in total. The third kappa shape index (κ3) is 4.26. The molecular formula is C12H22N2O3. The van der Waals surface area contributed by atoms with E-state index in [9.17, 15) is 9.90 Å². The van der Waals surface area contributed by atoms with Crippen molar-refractivity contribution < 1.29 is 14.6 Å². The maximum absolute atomic E-state index is 11.8. The van der Waals surface area contributed by atoms with Gasteiger partial charge in [0, 0.05) is 25.0 Å². The molecule has 5 nitrogen and oxygen atoms in total. The summed E-state index contributed by atoms with van der Waals surface area (Å²) in [5.41, 5.74) is 0. The van der Waals surface area contributed by atoms with Gasteiger partial charge in [-0.05, 0) is 25.7 Å². The number of nitrogens with one attached hydrogen (secondary N) is 2. The van der Waals surface area contributed by atoms with Crippen LogP contribution in [0.15, 0.2) is 0 Å². The molecule has 0 aromatic rings. The lowest BCUT2D eigenvalue weighted by Crippen LogP contribution is -2.46. The van der Waals surface area contributed by atoms with E-state index in [1.54, 1.807) is 0 Å². The number of rotatable bonds is 3. The Morgan fingerprint density at radius 3 is 2.76 bits per heavy atom. The maximum Gasteiger partial charge on any atom is 0.221 e. The average Bonchev–Trinajstić information content (AvgIpc) is 2.33. The summed E-state index contributed by atoms with van der Waals surface area (Å²) >= 11 is 0. The zero-order chi connectivity index (χ0) is 12.1. The van der Waals surface area contributed by atoms with E-state index >= 15 is 0 Å². The van der Waals surface area contributed by atoms with E-state index in [4.69, 9.17) is 4.74 Å². The van der Waals surface area contributed by atoms with Crippen molar-refractivity contribution in [3.05, 3.63) is 0 Å². The molecule has 2 fully saturated rings. The molecule has 2 rings (SSSR count). The minimum Gasteiger partial charge on any atom is -0.393 e. The van der Waals surface area contributed by atoms with Gasteiger partial charge in [-0.15, -0.1) is 0 Å². The van der Waals surface area contributed by atoms with Gasteiger partial charge in [0.05, 0.1) is 19.3 Å². The highest BCUT2D eigenvalue weighted by atomic mass is 16.5. The van der Waals surface area contributed by atoms with Gasteiger partial charge in [-0.2, -0.15) is 0 Å². The lowest BCUT2D eigenvalue weighted by molar-refractivity contribution is -0.123. The molecule has 1 atom stereocenters. The number of hydrogen-bond acceptors (Lipinski definition) is 4. The Hall–Kier alpha value is -0.650. The van der Waals surface area contributed by atoms with Gasteiger partial charge in [-0.25, -0.2) is 0 Å². The van der Waals surface area contributed by atoms with Crippen molar-refractivity contribution in [3.8, 4) is 0 Å². The van der Waals surface area contributed by atoms with Crippen molar-refractivity contribution in [2.45, 2.75) is 50.3 Å². The Morgan fingerprint density at radius 2 is 2.12 bits per heavy atom. The van der Waals surface area contributed by atoms with Crippen molar-refractivity contribution in [2.24, 2.45) is 0 Å². The Morgan fingerprint density at radius 1 is 1.35 bits per heavy atom. The third-order valence-electron chi connectivity index (χ3n) is 3.49. The first-order valence-electron chi connectivity index (χ1n) is 6.52. The van der Waals surface area contributed by atoms with Crippen LogP contribution in [-0.2, 0) is 9.53 Å². The predicted octanol–water partition coefficient (Wildman–Crippen LogP) is -0.215. The molecule has 5 heteroatoms. The van der Waals surface area contributed by atoms with Gasteiger partial charge in [0.25, 0.3) is 0 Å². The van der Waals surface area contributed by atoms with Crippen LogP contribution in [0, 0.1) is 0 Å². The number of morpholine rings is 1. The highest BCUT2D eigenvalue weighted by Crippen LogP contribution is 2.18. The number of carbonyl (C=O) groups excluding carboxylic acids is 1. The second-order valence-corrected chi connectivity index (χ2v) is 5.00. The molecule has 1 saturated heterocycles. The molecule has 0 radical (unpaired) electrons. The highest BCUT2D eigenvalue weighted by Gasteiger charge is 2.22.